The summed E-state index contributed by atoms with van der Waals surface area (Å²) in [6.45, 7) is 6.99. The van der Waals surface area contributed by atoms with E-state index in [0.29, 0.717) is 44.0 Å². The van der Waals surface area contributed by atoms with Crippen molar-refractivity contribution in [3.8, 4) is 0 Å². The molecule has 15 nitrogen and oxygen atoms in total. The summed E-state index contributed by atoms with van der Waals surface area (Å²) >= 11 is 1.43. The molecule has 0 spiro atoms. The number of fused-ring (bicyclic) bond motifs is 2. The molecule has 8 atom stereocenters. The average molecular weight is 617 g/mol. The maximum absolute atomic E-state index is 13.5. The number of carbonyl (C=O) groups excluding carboxylic acids is 4. The number of tetrazole rings is 1. The van der Waals surface area contributed by atoms with Crippen LogP contribution in [0.5, 0.6) is 0 Å². The molecule has 6 heterocycles. The van der Waals surface area contributed by atoms with Crippen molar-refractivity contribution in [2.24, 2.45) is 23.7 Å². The van der Waals surface area contributed by atoms with Gasteiger partial charge in [0, 0.05) is 54.6 Å². The fourth-order valence-electron chi connectivity index (χ4n) is 7.64. The zero-order valence-electron chi connectivity index (χ0n) is 24.0. The molecule has 4 saturated heterocycles. The highest BCUT2D eigenvalue weighted by atomic mass is 32.2. The van der Waals surface area contributed by atoms with E-state index in [9.17, 15) is 29.1 Å². The van der Waals surface area contributed by atoms with Gasteiger partial charge in [-0.05, 0) is 29.2 Å². The number of ether oxygens (including phenoxy) is 1. The fourth-order valence-corrected chi connectivity index (χ4v) is 9.12. The summed E-state index contributed by atoms with van der Waals surface area (Å²) in [6.07, 6.45) is 2.77. The van der Waals surface area contributed by atoms with Crippen LogP contribution >= 0.6 is 11.8 Å². The number of likely N-dealkylation sites (tertiary alicyclic amines) is 1. The Morgan fingerprint density at radius 1 is 1.33 bits per heavy atom. The predicted molar refractivity (Wildman–Crippen MR) is 150 cm³/mol. The zero-order chi connectivity index (χ0) is 30.5. The van der Waals surface area contributed by atoms with Gasteiger partial charge in [0.05, 0.1) is 24.5 Å². The van der Waals surface area contributed by atoms with E-state index in [2.05, 4.69) is 26.2 Å². The molecule has 5 aliphatic heterocycles. The smallest absolute Gasteiger partial charge is 0.353 e. The Bertz CT molecular complexity index is 1340. The van der Waals surface area contributed by atoms with Crippen molar-refractivity contribution >= 4 is 41.8 Å². The van der Waals surface area contributed by atoms with Crippen molar-refractivity contribution in [1.29, 1.82) is 0 Å². The highest BCUT2D eigenvalue weighted by molar-refractivity contribution is 8.03. The van der Waals surface area contributed by atoms with E-state index in [4.69, 9.17) is 4.74 Å². The first kappa shape index (κ1) is 29.7. The molecule has 2 amide bonds. The minimum absolute atomic E-state index is 0.00880. The highest BCUT2D eigenvalue weighted by Crippen LogP contribution is 2.53. The maximum atomic E-state index is 13.5. The lowest BCUT2D eigenvalue weighted by Crippen LogP contribution is -2.62. The number of carboxylic acids is 1. The SMILES string of the molecule is C[C@@H](CC(=O)Cn1cnnn1)[C@H]1C(=O)N2C(C(=O)O)=C(S[C@@H]3CNC(C(=O)N4CCC5CNCC5(OC=O)C4)C3)[C@H](C)[C@H]12. The number of ketones is 1. The quantitative estimate of drug-likeness (QED) is 0.200. The van der Waals surface area contributed by atoms with Crippen LogP contribution in [0.25, 0.3) is 0 Å². The van der Waals surface area contributed by atoms with Gasteiger partial charge in [-0.25, -0.2) is 9.48 Å². The fraction of sp³-hybridized carbons (Fsp3) is 0.704. The lowest BCUT2D eigenvalue weighted by molar-refractivity contribution is -0.160. The van der Waals surface area contributed by atoms with Crippen LogP contribution in [-0.2, 0) is 35.3 Å². The van der Waals surface area contributed by atoms with E-state index in [1.807, 2.05) is 13.8 Å². The summed E-state index contributed by atoms with van der Waals surface area (Å²) < 4.78 is 6.85. The number of aromatic nitrogens is 4. The lowest BCUT2D eigenvalue weighted by Gasteiger charge is -2.47. The number of thioether (sulfide) groups is 1. The van der Waals surface area contributed by atoms with E-state index >= 15 is 0 Å². The summed E-state index contributed by atoms with van der Waals surface area (Å²) in [5, 5.41) is 27.4. The van der Waals surface area contributed by atoms with Crippen LogP contribution in [0.4, 0.5) is 0 Å². The van der Waals surface area contributed by atoms with E-state index in [-0.39, 0.29) is 65.3 Å². The number of carbonyl (C=O) groups is 5. The Morgan fingerprint density at radius 2 is 2.14 bits per heavy atom. The Balaban J connectivity index is 1.09. The molecule has 0 bridgehead atoms. The van der Waals surface area contributed by atoms with Crippen LogP contribution in [0.2, 0.25) is 0 Å². The summed E-state index contributed by atoms with van der Waals surface area (Å²) in [6, 6.07) is -0.765. The molecule has 5 aliphatic rings. The van der Waals surface area contributed by atoms with Gasteiger partial charge < -0.3 is 30.3 Å². The third-order valence-corrected chi connectivity index (χ3v) is 11.2. The summed E-state index contributed by atoms with van der Waals surface area (Å²) in [7, 11) is 0. The second-order valence-corrected chi connectivity index (χ2v) is 13.7. The number of carboxylic acid groups (broad SMARTS) is 1. The number of Topliss-reactive ketones (excluding diaryl/α,β-unsaturated/α-hetero) is 1. The zero-order valence-corrected chi connectivity index (χ0v) is 24.9. The van der Waals surface area contributed by atoms with Crippen LogP contribution in [-0.4, -0.2) is 121 Å². The number of aliphatic carboxylic acids is 1. The largest absolute Gasteiger partial charge is 0.477 e. The number of rotatable bonds is 11. The molecular weight excluding hydrogens is 580 g/mol. The molecule has 3 unspecified atom stereocenters. The van der Waals surface area contributed by atoms with Gasteiger partial charge in [0.15, 0.2) is 5.78 Å². The van der Waals surface area contributed by atoms with E-state index in [1.54, 1.807) is 4.90 Å². The molecule has 6 rings (SSSR count). The molecule has 232 valence electrons. The van der Waals surface area contributed by atoms with Gasteiger partial charge in [0.2, 0.25) is 11.8 Å². The van der Waals surface area contributed by atoms with Crippen LogP contribution in [0.1, 0.15) is 33.1 Å². The summed E-state index contributed by atoms with van der Waals surface area (Å²) in [5.41, 5.74) is -0.691. The number of β-lactam (4-membered cyclic amide) rings is 1. The minimum atomic E-state index is -1.15. The normalized spacial score (nSPS) is 34.0. The molecule has 16 heteroatoms. The van der Waals surface area contributed by atoms with E-state index in [1.165, 1.54) is 27.7 Å². The molecule has 1 aromatic rings. The molecule has 0 aliphatic carbocycles. The predicted octanol–water partition coefficient (Wildman–Crippen LogP) is -1.13. The van der Waals surface area contributed by atoms with Gasteiger partial charge in [-0.1, -0.05) is 13.8 Å². The Morgan fingerprint density at radius 3 is 2.86 bits per heavy atom. The molecule has 43 heavy (non-hydrogen) atoms. The molecule has 0 radical (unpaired) electrons. The number of nitrogens with zero attached hydrogens (tertiary/aromatic N) is 6. The second-order valence-electron chi connectivity index (χ2n) is 12.4. The van der Waals surface area contributed by atoms with Gasteiger partial charge in [-0.2, -0.15) is 0 Å². The second kappa shape index (κ2) is 11.6. The monoisotopic (exact) mass is 616 g/mol. The first-order chi connectivity index (χ1) is 20.6. The minimum Gasteiger partial charge on any atom is -0.477 e. The number of amides is 2. The number of piperidine rings is 1. The molecular formula is C27H36N8O7S. The van der Waals surface area contributed by atoms with Gasteiger partial charge in [-0.3, -0.25) is 19.2 Å². The Labute approximate surface area is 252 Å². The lowest BCUT2D eigenvalue weighted by atomic mass is 9.73. The van der Waals surface area contributed by atoms with Crippen LogP contribution < -0.4 is 10.6 Å². The molecule has 0 saturated carbocycles. The van der Waals surface area contributed by atoms with Crippen molar-refractivity contribution in [2.45, 2.75) is 62.6 Å². The van der Waals surface area contributed by atoms with Gasteiger partial charge in [0.25, 0.3) is 6.47 Å². The van der Waals surface area contributed by atoms with Gasteiger partial charge >= 0.3 is 5.97 Å². The van der Waals surface area contributed by atoms with Crippen LogP contribution in [0.3, 0.4) is 0 Å². The third kappa shape index (κ3) is 5.22. The Kier molecular flexibility index (Phi) is 8.02. The number of hydrogen-bond donors (Lipinski definition) is 3. The third-order valence-electron chi connectivity index (χ3n) is 9.73. The summed E-state index contributed by atoms with van der Waals surface area (Å²) in [4.78, 5) is 66.8. The van der Waals surface area contributed by atoms with Crippen molar-refractivity contribution in [3.05, 3.63) is 16.9 Å². The molecule has 3 N–H and O–H groups in total. The van der Waals surface area contributed by atoms with Crippen LogP contribution in [0.15, 0.2) is 16.9 Å². The van der Waals surface area contributed by atoms with Crippen molar-refractivity contribution in [3.63, 3.8) is 0 Å². The first-order valence-corrected chi connectivity index (χ1v) is 15.6. The first-order valence-electron chi connectivity index (χ1n) is 14.7. The molecule has 1 aromatic heterocycles. The van der Waals surface area contributed by atoms with E-state index in [0.717, 1.165) is 13.0 Å². The average Bonchev–Trinajstić information content (AvgIpc) is 3.76. The number of nitrogens with one attached hydrogen (secondary N) is 2. The van der Waals surface area contributed by atoms with Crippen LogP contribution in [0, 0.1) is 23.7 Å². The molecule has 4 fully saturated rings. The Hall–Kier alpha value is -3.37. The van der Waals surface area contributed by atoms with Gasteiger partial charge in [0.1, 0.15) is 24.2 Å². The van der Waals surface area contributed by atoms with Gasteiger partial charge in [-0.15, -0.1) is 16.9 Å². The van der Waals surface area contributed by atoms with Crippen molar-refractivity contribution < 1.29 is 33.8 Å². The highest BCUT2D eigenvalue weighted by Gasteiger charge is 2.60. The maximum Gasteiger partial charge on any atom is 0.353 e. The topological polar surface area (TPSA) is 189 Å². The van der Waals surface area contributed by atoms with Crippen molar-refractivity contribution in [1.82, 2.24) is 40.6 Å². The summed E-state index contributed by atoms with van der Waals surface area (Å²) in [5.74, 6) is -2.38. The standard InChI is InChI=1S/C27H36N8O7S/c1-14(5-17(37)9-34-12-30-31-32-34)20-21-15(2)23(22(26(40)41)35(21)25(20)39)43-18-6-19(29-8-18)24(38)33-4-3-16-7-28-10-27(16,11-33)42-13-36/h12-16,18-21,28-29H,3-11H2,1-2H3,(H,40,41)/t14-,15+,16?,18-,19?,20+,21+,27?/m0/s1. The van der Waals surface area contributed by atoms with E-state index < -0.39 is 23.5 Å². The molecule has 0 aromatic carbocycles. The van der Waals surface area contributed by atoms with Crippen molar-refractivity contribution in [2.75, 3.05) is 32.7 Å². The number of hydrogen-bond acceptors (Lipinski definition) is 12.